The number of hydrogen-bond acceptors (Lipinski definition) is 5. The van der Waals surface area contributed by atoms with Crippen LogP contribution in [0.15, 0.2) is 45.6 Å². The highest BCUT2D eigenvalue weighted by Gasteiger charge is 2.12. The molecule has 0 unspecified atom stereocenters. The van der Waals surface area contributed by atoms with Gasteiger partial charge in [-0.2, -0.15) is 0 Å². The Labute approximate surface area is 137 Å². The smallest absolute Gasteiger partial charge is 0.258 e. The van der Waals surface area contributed by atoms with Crippen molar-refractivity contribution in [1.82, 2.24) is 4.98 Å². The summed E-state index contributed by atoms with van der Waals surface area (Å²) in [5, 5.41) is 11.7. The van der Waals surface area contributed by atoms with Gasteiger partial charge in [0.1, 0.15) is 0 Å². The number of nitrogens with zero attached hydrogens (tertiary/aromatic N) is 2. The zero-order valence-electron chi connectivity index (χ0n) is 10.2. The van der Waals surface area contributed by atoms with Crippen LogP contribution in [0.4, 0.5) is 5.69 Å². The quantitative estimate of drug-likeness (QED) is 0.448. The van der Waals surface area contributed by atoms with E-state index in [1.54, 1.807) is 12.1 Å². The highest BCUT2D eigenvalue weighted by Crippen LogP contribution is 2.39. The number of nitro benzene ring substituents is 1. The minimum Gasteiger partial charge on any atom is -0.258 e. The summed E-state index contributed by atoms with van der Waals surface area (Å²) in [6.45, 7) is 0. The van der Waals surface area contributed by atoms with Gasteiger partial charge in [-0.1, -0.05) is 35.0 Å². The van der Waals surface area contributed by atoms with Crippen molar-refractivity contribution in [3.8, 4) is 0 Å². The summed E-state index contributed by atoms with van der Waals surface area (Å²) in [5.41, 5.74) is 0.800. The molecule has 0 saturated carbocycles. The van der Waals surface area contributed by atoms with Crippen LogP contribution in [0.2, 0.25) is 10.0 Å². The molecule has 0 aliphatic rings. The molecular formula is C13H6Cl2N2O2S2. The maximum Gasteiger partial charge on any atom is 0.270 e. The SMILES string of the molecule is O=[N+]([O-])c1ccc(Sc2nc3cc(Cl)ccc3s2)c(Cl)c1. The molecular weight excluding hydrogens is 351 g/mol. The minimum atomic E-state index is -0.472. The van der Waals surface area contributed by atoms with Crippen LogP contribution >= 0.6 is 46.3 Å². The zero-order valence-corrected chi connectivity index (χ0v) is 13.4. The number of rotatable bonds is 3. The molecule has 0 aliphatic carbocycles. The Bertz CT molecular complexity index is 851. The lowest BCUT2D eigenvalue weighted by Gasteiger charge is -2.00. The number of hydrogen-bond donors (Lipinski definition) is 0. The first-order chi connectivity index (χ1) is 10.0. The van der Waals surface area contributed by atoms with Crippen LogP contribution in [0.25, 0.3) is 10.2 Å². The fraction of sp³-hybridized carbons (Fsp3) is 0. The molecule has 3 rings (SSSR count). The first-order valence-corrected chi connectivity index (χ1v) is 8.10. The summed E-state index contributed by atoms with van der Waals surface area (Å²) >= 11 is 14.9. The first kappa shape index (κ1) is 14.6. The molecule has 0 spiro atoms. The van der Waals surface area contributed by atoms with Gasteiger partial charge in [0, 0.05) is 22.1 Å². The number of fused-ring (bicyclic) bond motifs is 1. The van der Waals surface area contributed by atoms with E-state index in [0.717, 1.165) is 19.5 Å². The van der Waals surface area contributed by atoms with E-state index >= 15 is 0 Å². The fourth-order valence-corrected chi connectivity index (χ4v) is 4.17. The Morgan fingerprint density at radius 3 is 2.71 bits per heavy atom. The van der Waals surface area contributed by atoms with Gasteiger partial charge in [-0.3, -0.25) is 10.1 Å². The highest BCUT2D eigenvalue weighted by molar-refractivity contribution is 8.01. The first-order valence-electron chi connectivity index (χ1n) is 5.71. The molecule has 0 N–H and O–H groups in total. The molecule has 0 bridgehead atoms. The van der Waals surface area contributed by atoms with E-state index in [9.17, 15) is 10.1 Å². The van der Waals surface area contributed by atoms with Crippen LogP contribution < -0.4 is 0 Å². The van der Waals surface area contributed by atoms with Crippen LogP contribution in [0.5, 0.6) is 0 Å². The average molecular weight is 357 g/mol. The predicted molar refractivity (Wildman–Crippen MR) is 86.9 cm³/mol. The summed E-state index contributed by atoms with van der Waals surface area (Å²) in [7, 11) is 0. The van der Waals surface area contributed by atoms with E-state index in [0.29, 0.717) is 10.0 Å². The second-order valence-corrected chi connectivity index (χ2v) is 7.23. The maximum absolute atomic E-state index is 10.7. The predicted octanol–water partition coefficient (Wildman–Crippen LogP) is 5.66. The minimum absolute atomic E-state index is 0.0274. The van der Waals surface area contributed by atoms with E-state index in [4.69, 9.17) is 23.2 Å². The van der Waals surface area contributed by atoms with Crippen LogP contribution in [-0.4, -0.2) is 9.91 Å². The molecule has 1 aromatic heterocycles. The molecule has 0 aliphatic heterocycles. The van der Waals surface area contributed by atoms with Gasteiger partial charge in [0.2, 0.25) is 0 Å². The van der Waals surface area contributed by atoms with Crippen LogP contribution in [0, 0.1) is 10.1 Å². The molecule has 4 nitrogen and oxygen atoms in total. The van der Waals surface area contributed by atoms with Gasteiger partial charge in [-0.05, 0) is 24.3 Å². The lowest BCUT2D eigenvalue weighted by molar-refractivity contribution is -0.384. The van der Waals surface area contributed by atoms with Crippen molar-refractivity contribution in [2.45, 2.75) is 9.24 Å². The molecule has 21 heavy (non-hydrogen) atoms. The fourth-order valence-electron chi connectivity index (χ4n) is 1.70. The van der Waals surface area contributed by atoms with Gasteiger partial charge in [0.25, 0.3) is 5.69 Å². The number of nitro groups is 1. The Kier molecular flexibility index (Phi) is 4.03. The zero-order chi connectivity index (χ0) is 15.0. The molecule has 0 atom stereocenters. The normalized spacial score (nSPS) is 11.0. The molecule has 3 aromatic rings. The molecule has 1 heterocycles. The maximum atomic E-state index is 10.7. The summed E-state index contributed by atoms with van der Waals surface area (Å²) < 4.78 is 1.84. The number of benzene rings is 2. The second kappa shape index (κ2) is 5.81. The topological polar surface area (TPSA) is 56.0 Å². The number of non-ortho nitro benzene ring substituents is 1. The van der Waals surface area contributed by atoms with Crippen LogP contribution in [-0.2, 0) is 0 Å². The molecule has 0 radical (unpaired) electrons. The van der Waals surface area contributed by atoms with Crippen molar-refractivity contribution in [2.75, 3.05) is 0 Å². The van der Waals surface area contributed by atoms with Gasteiger partial charge in [-0.15, -0.1) is 11.3 Å². The molecule has 8 heteroatoms. The van der Waals surface area contributed by atoms with Crippen molar-refractivity contribution in [2.24, 2.45) is 0 Å². The van der Waals surface area contributed by atoms with Gasteiger partial charge in [-0.25, -0.2) is 4.98 Å². The van der Waals surface area contributed by atoms with Gasteiger partial charge in [0.05, 0.1) is 20.2 Å². The Balaban J connectivity index is 1.93. The Morgan fingerprint density at radius 2 is 2.00 bits per heavy atom. The average Bonchev–Trinajstić information content (AvgIpc) is 2.82. The van der Waals surface area contributed by atoms with Crippen molar-refractivity contribution in [1.29, 1.82) is 0 Å². The van der Waals surface area contributed by atoms with Gasteiger partial charge >= 0.3 is 0 Å². The van der Waals surface area contributed by atoms with Crippen LogP contribution in [0.1, 0.15) is 0 Å². The lowest BCUT2D eigenvalue weighted by atomic mass is 10.3. The van der Waals surface area contributed by atoms with Crippen molar-refractivity contribution in [3.05, 3.63) is 56.6 Å². The van der Waals surface area contributed by atoms with E-state index in [1.165, 1.54) is 35.2 Å². The molecule has 106 valence electrons. The van der Waals surface area contributed by atoms with Gasteiger partial charge in [0.15, 0.2) is 4.34 Å². The van der Waals surface area contributed by atoms with Crippen LogP contribution in [0.3, 0.4) is 0 Å². The lowest BCUT2D eigenvalue weighted by Crippen LogP contribution is -1.87. The summed E-state index contributed by atoms with van der Waals surface area (Å²) in [6.07, 6.45) is 0. The molecule has 0 saturated heterocycles. The molecule has 0 fully saturated rings. The number of aromatic nitrogens is 1. The Hall–Kier alpha value is -1.34. The Morgan fingerprint density at radius 1 is 1.19 bits per heavy atom. The van der Waals surface area contributed by atoms with E-state index in [-0.39, 0.29) is 5.69 Å². The highest BCUT2D eigenvalue weighted by atomic mass is 35.5. The summed E-state index contributed by atoms with van der Waals surface area (Å²) in [5.74, 6) is 0. The van der Waals surface area contributed by atoms with Crippen molar-refractivity contribution < 1.29 is 4.92 Å². The number of halogens is 2. The van der Waals surface area contributed by atoms with E-state index in [1.807, 2.05) is 12.1 Å². The monoisotopic (exact) mass is 356 g/mol. The third kappa shape index (κ3) is 3.13. The van der Waals surface area contributed by atoms with E-state index in [2.05, 4.69) is 4.98 Å². The number of thiazole rings is 1. The van der Waals surface area contributed by atoms with E-state index < -0.39 is 4.92 Å². The standard InChI is InChI=1S/C13H6Cl2N2O2S2/c14-7-1-3-12-10(5-7)16-13(21-12)20-11-4-2-8(17(18)19)6-9(11)15/h1-6H. The van der Waals surface area contributed by atoms with Crippen molar-refractivity contribution in [3.63, 3.8) is 0 Å². The third-order valence-electron chi connectivity index (χ3n) is 2.65. The summed E-state index contributed by atoms with van der Waals surface area (Å²) in [4.78, 5) is 15.4. The van der Waals surface area contributed by atoms with Crippen molar-refractivity contribution >= 4 is 62.2 Å². The molecule has 2 aromatic carbocycles. The molecule has 0 amide bonds. The largest absolute Gasteiger partial charge is 0.270 e. The third-order valence-corrected chi connectivity index (χ3v) is 5.49. The second-order valence-electron chi connectivity index (χ2n) is 4.07. The van der Waals surface area contributed by atoms with Gasteiger partial charge < -0.3 is 0 Å². The summed E-state index contributed by atoms with van der Waals surface area (Å²) in [6, 6.07) is 9.93.